The quantitative estimate of drug-likeness (QED) is 0.422. The predicted molar refractivity (Wildman–Crippen MR) is 105 cm³/mol. The van der Waals surface area contributed by atoms with Crippen LogP contribution in [0.1, 0.15) is 85.0 Å². The molecule has 0 spiro atoms. The third-order valence-electron chi connectivity index (χ3n) is 10.5. The zero-order chi connectivity index (χ0) is 20.3. The maximum absolute atomic E-state index is 13.3. The molecule has 0 radical (unpaired) electrons. The lowest BCUT2D eigenvalue weighted by molar-refractivity contribution is -0.208. The molecule has 162 valence electrons. The van der Waals surface area contributed by atoms with Crippen LogP contribution in [0.3, 0.4) is 0 Å². The van der Waals surface area contributed by atoms with Crippen LogP contribution in [0, 0.1) is 52.3 Å². The Balaban J connectivity index is 1.53. The Morgan fingerprint density at radius 2 is 1.57 bits per heavy atom. The molecule has 0 saturated heterocycles. The summed E-state index contributed by atoms with van der Waals surface area (Å²) in [4.78, 5) is 0. The lowest BCUT2D eigenvalue weighted by Crippen LogP contribution is -2.54. The van der Waals surface area contributed by atoms with Crippen LogP contribution in [-0.2, 0) is 0 Å². The minimum absolute atomic E-state index is 0.106. The highest BCUT2D eigenvalue weighted by Gasteiger charge is 2.61. The van der Waals surface area contributed by atoms with Gasteiger partial charge >= 0.3 is 6.18 Å². The predicted octanol–water partition coefficient (Wildman–Crippen LogP) is 7.82. The van der Waals surface area contributed by atoms with E-state index in [1.807, 2.05) is 0 Å². The molecule has 4 aliphatic carbocycles. The lowest BCUT2D eigenvalue weighted by atomic mass is 9.44. The molecule has 0 amide bonds. The van der Waals surface area contributed by atoms with Crippen molar-refractivity contribution in [2.75, 3.05) is 6.67 Å². The fraction of sp³-hybridized carbons (Fsp3) is 1.00. The Labute approximate surface area is 168 Å². The smallest absolute Gasteiger partial charge is 0.251 e. The van der Waals surface area contributed by atoms with E-state index in [9.17, 15) is 17.6 Å². The van der Waals surface area contributed by atoms with E-state index in [4.69, 9.17) is 0 Å². The van der Waals surface area contributed by atoms with Crippen molar-refractivity contribution in [3.8, 4) is 0 Å². The van der Waals surface area contributed by atoms with Gasteiger partial charge in [-0.05, 0) is 111 Å². The minimum atomic E-state index is -4.02. The summed E-state index contributed by atoms with van der Waals surface area (Å²) in [7, 11) is 0. The summed E-state index contributed by atoms with van der Waals surface area (Å²) >= 11 is 0. The summed E-state index contributed by atoms with van der Waals surface area (Å²) in [5, 5.41) is 0. The van der Waals surface area contributed by atoms with Gasteiger partial charge in [-0.1, -0.05) is 20.8 Å². The second-order valence-corrected chi connectivity index (χ2v) is 11.4. The fourth-order valence-electron chi connectivity index (χ4n) is 8.90. The summed E-state index contributed by atoms with van der Waals surface area (Å²) in [6, 6.07) is 0. The minimum Gasteiger partial charge on any atom is -0.251 e. The maximum Gasteiger partial charge on any atom is 0.391 e. The van der Waals surface area contributed by atoms with E-state index < -0.39 is 12.1 Å². The molecule has 0 aromatic rings. The molecule has 4 fully saturated rings. The summed E-state index contributed by atoms with van der Waals surface area (Å²) in [5.74, 6) is 2.25. The van der Waals surface area contributed by atoms with Crippen molar-refractivity contribution < 1.29 is 17.6 Å². The molecular formula is C24H38F4. The third-order valence-corrected chi connectivity index (χ3v) is 10.5. The van der Waals surface area contributed by atoms with Crippen molar-refractivity contribution in [1.82, 2.24) is 0 Å². The fourth-order valence-corrected chi connectivity index (χ4v) is 8.90. The maximum atomic E-state index is 13.3. The Morgan fingerprint density at radius 3 is 2.25 bits per heavy atom. The van der Waals surface area contributed by atoms with E-state index in [1.54, 1.807) is 0 Å². The van der Waals surface area contributed by atoms with Gasteiger partial charge in [-0.25, -0.2) is 0 Å². The van der Waals surface area contributed by atoms with Crippen LogP contribution in [0.4, 0.5) is 17.6 Å². The van der Waals surface area contributed by atoms with E-state index in [-0.39, 0.29) is 18.0 Å². The molecule has 4 unspecified atom stereocenters. The molecule has 4 saturated carbocycles. The van der Waals surface area contributed by atoms with Crippen LogP contribution < -0.4 is 0 Å². The SMILES string of the molecule is C[C@@H](CCF)C1CCC2C3CC[C@@H]4C[C@@H](C(F)(F)F)CC[C@]4(C)C3CC[C@@]21C. The molecule has 0 nitrogen and oxygen atoms in total. The van der Waals surface area contributed by atoms with E-state index in [0.717, 1.165) is 19.3 Å². The Morgan fingerprint density at radius 1 is 0.893 bits per heavy atom. The van der Waals surface area contributed by atoms with Crippen molar-refractivity contribution >= 4 is 0 Å². The number of rotatable bonds is 3. The number of hydrogen-bond acceptors (Lipinski definition) is 0. The highest BCUT2D eigenvalue weighted by Crippen LogP contribution is 2.69. The molecule has 0 N–H and O–H groups in total. The van der Waals surface area contributed by atoms with E-state index in [2.05, 4.69) is 20.8 Å². The monoisotopic (exact) mass is 402 g/mol. The van der Waals surface area contributed by atoms with Crippen LogP contribution >= 0.6 is 0 Å². The van der Waals surface area contributed by atoms with E-state index in [0.29, 0.717) is 54.3 Å². The Kier molecular flexibility index (Phi) is 5.36. The van der Waals surface area contributed by atoms with Gasteiger partial charge in [0.25, 0.3) is 0 Å². The first-order valence-electron chi connectivity index (χ1n) is 11.7. The molecule has 0 bridgehead atoms. The van der Waals surface area contributed by atoms with Crippen molar-refractivity contribution in [1.29, 1.82) is 0 Å². The molecule has 0 aromatic heterocycles. The van der Waals surface area contributed by atoms with Crippen molar-refractivity contribution in [2.24, 2.45) is 52.3 Å². The van der Waals surface area contributed by atoms with Crippen LogP contribution in [0.2, 0.25) is 0 Å². The van der Waals surface area contributed by atoms with Gasteiger partial charge in [-0.3, -0.25) is 4.39 Å². The second-order valence-electron chi connectivity index (χ2n) is 11.4. The van der Waals surface area contributed by atoms with Crippen molar-refractivity contribution in [3.05, 3.63) is 0 Å². The van der Waals surface area contributed by atoms with Gasteiger partial charge in [0, 0.05) is 0 Å². The van der Waals surface area contributed by atoms with Crippen molar-refractivity contribution in [3.63, 3.8) is 0 Å². The zero-order valence-corrected chi connectivity index (χ0v) is 17.8. The summed E-state index contributed by atoms with van der Waals surface area (Å²) < 4.78 is 53.0. The average molecular weight is 403 g/mol. The third kappa shape index (κ3) is 3.14. The Bertz CT molecular complexity index is 571. The summed E-state index contributed by atoms with van der Waals surface area (Å²) in [5.41, 5.74) is 0.427. The zero-order valence-electron chi connectivity index (χ0n) is 17.8. The second kappa shape index (κ2) is 7.15. The van der Waals surface area contributed by atoms with Gasteiger partial charge in [0.05, 0.1) is 12.6 Å². The standard InChI is InChI=1S/C24H38F4/c1-15(10-13-25)19-6-7-20-18-5-4-16-14-17(24(26,27)28)8-11-22(16,2)21(18)9-12-23(19,20)3/h15-21H,4-14H2,1-3H3/t15-,16+,17-,18?,19?,20?,21?,22-,23+/m0/s1. The highest BCUT2D eigenvalue weighted by molar-refractivity contribution is 5.09. The van der Waals surface area contributed by atoms with Crippen LogP contribution in [0.5, 0.6) is 0 Å². The average Bonchev–Trinajstić information content (AvgIpc) is 2.97. The van der Waals surface area contributed by atoms with Crippen LogP contribution in [0.15, 0.2) is 0 Å². The topological polar surface area (TPSA) is 0 Å². The van der Waals surface area contributed by atoms with Gasteiger partial charge < -0.3 is 0 Å². The molecular weight excluding hydrogens is 364 g/mol. The first-order valence-corrected chi connectivity index (χ1v) is 11.7. The van der Waals surface area contributed by atoms with Crippen LogP contribution in [0.25, 0.3) is 0 Å². The van der Waals surface area contributed by atoms with Gasteiger partial charge in [-0.15, -0.1) is 0 Å². The first-order chi connectivity index (χ1) is 13.1. The molecule has 9 atom stereocenters. The van der Waals surface area contributed by atoms with Gasteiger partial charge in [0.1, 0.15) is 0 Å². The highest BCUT2D eigenvalue weighted by atomic mass is 19.4. The van der Waals surface area contributed by atoms with E-state index >= 15 is 0 Å². The molecule has 4 aliphatic rings. The Hall–Kier alpha value is -0.280. The number of hydrogen-bond donors (Lipinski definition) is 0. The number of fused-ring (bicyclic) bond motifs is 5. The molecule has 0 heterocycles. The largest absolute Gasteiger partial charge is 0.391 e. The lowest BCUT2D eigenvalue weighted by Gasteiger charge is -2.61. The molecule has 4 rings (SSSR count). The van der Waals surface area contributed by atoms with Gasteiger partial charge in [0.2, 0.25) is 0 Å². The molecule has 4 heteroatoms. The summed E-state index contributed by atoms with van der Waals surface area (Å²) in [6.07, 6.45) is 5.08. The van der Waals surface area contributed by atoms with Crippen molar-refractivity contribution in [2.45, 2.75) is 91.2 Å². The van der Waals surface area contributed by atoms with Gasteiger partial charge in [-0.2, -0.15) is 13.2 Å². The van der Waals surface area contributed by atoms with Crippen LogP contribution in [-0.4, -0.2) is 12.9 Å². The van der Waals surface area contributed by atoms with E-state index in [1.165, 1.54) is 25.7 Å². The molecule has 28 heavy (non-hydrogen) atoms. The first kappa shape index (κ1) is 21.0. The summed E-state index contributed by atoms with van der Waals surface area (Å²) in [6.45, 7) is 6.82. The molecule has 0 aromatic carbocycles. The van der Waals surface area contributed by atoms with Gasteiger partial charge in [0.15, 0.2) is 0 Å². The number of alkyl halides is 4. The number of halogens is 4. The normalized spacial score (nSPS) is 49.8. The molecule has 0 aliphatic heterocycles.